The van der Waals surface area contributed by atoms with E-state index in [1.807, 2.05) is 0 Å². The van der Waals surface area contributed by atoms with Crippen molar-refractivity contribution in [3.05, 3.63) is 29.8 Å². The molecule has 9 heteroatoms. The zero-order chi connectivity index (χ0) is 19.5. The third-order valence-electron chi connectivity index (χ3n) is 4.86. The molecule has 0 saturated carbocycles. The molecule has 1 aromatic carbocycles. The van der Waals surface area contributed by atoms with E-state index in [-0.39, 0.29) is 17.1 Å². The molecule has 0 radical (unpaired) electrons. The summed E-state index contributed by atoms with van der Waals surface area (Å²) in [6, 6.07) is 6.63. The Balaban J connectivity index is 1.44. The maximum atomic E-state index is 11.6. The summed E-state index contributed by atoms with van der Waals surface area (Å²) < 4.78 is 45.4. The minimum absolute atomic E-state index is 0.191. The molecule has 0 N–H and O–H groups in total. The van der Waals surface area contributed by atoms with Crippen LogP contribution in [0, 0.1) is 0 Å². The Morgan fingerprint density at radius 2 is 1.78 bits per heavy atom. The lowest BCUT2D eigenvalue weighted by Crippen LogP contribution is -2.54. The van der Waals surface area contributed by atoms with Crippen LogP contribution in [0.1, 0.15) is 18.4 Å². The van der Waals surface area contributed by atoms with Crippen molar-refractivity contribution in [2.45, 2.75) is 36.2 Å². The van der Waals surface area contributed by atoms with Gasteiger partial charge in [-0.1, -0.05) is 12.1 Å². The predicted octanol–water partition coefficient (Wildman–Crippen LogP) is 1.58. The van der Waals surface area contributed by atoms with Gasteiger partial charge in [0.1, 0.15) is 6.10 Å². The zero-order valence-corrected chi connectivity index (χ0v) is 16.4. The van der Waals surface area contributed by atoms with E-state index in [9.17, 15) is 13.2 Å². The van der Waals surface area contributed by atoms with Gasteiger partial charge in [0, 0.05) is 32.2 Å². The van der Waals surface area contributed by atoms with Crippen molar-refractivity contribution in [2.24, 2.45) is 0 Å². The van der Waals surface area contributed by atoms with E-state index in [4.69, 9.17) is 18.9 Å². The molecule has 0 atom stereocenters. The number of benzene rings is 1. The summed E-state index contributed by atoms with van der Waals surface area (Å²) >= 11 is 0. The topological polar surface area (TPSA) is 91.4 Å². The molecular weight excluding hydrogens is 374 g/mol. The zero-order valence-electron chi connectivity index (χ0n) is 15.5. The Labute approximate surface area is 159 Å². The Bertz CT molecular complexity index is 744. The number of ether oxygens (including phenoxy) is 4. The summed E-state index contributed by atoms with van der Waals surface area (Å²) in [5.74, 6) is -0.651. The molecule has 1 aromatic rings. The number of methoxy groups -OCH3 is 1. The lowest BCUT2D eigenvalue weighted by atomic mass is 10.0. The monoisotopic (exact) mass is 399 g/mol. The van der Waals surface area contributed by atoms with E-state index in [1.54, 1.807) is 29.2 Å². The van der Waals surface area contributed by atoms with Crippen molar-refractivity contribution < 1.29 is 32.2 Å². The van der Waals surface area contributed by atoms with Crippen LogP contribution in [-0.4, -0.2) is 71.0 Å². The summed E-state index contributed by atoms with van der Waals surface area (Å²) in [4.78, 5) is 13.5. The number of carbonyl (C=O) groups is 1. The van der Waals surface area contributed by atoms with E-state index in [2.05, 4.69) is 0 Å². The van der Waals surface area contributed by atoms with Gasteiger partial charge in [0.2, 0.25) is 0 Å². The summed E-state index contributed by atoms with van der Waals surface area (Å²) in [5.41, 5.74) is 0.883. The fourth-order valence-electron chi connectivity index (χ4n) is 3.17. The van der Waals surface area contributed by atoms with Gasteiger partial charge in [-0.25, -0.2) is 13.2 Å². The van der Waals surface area contributed by atoms with Gasteiger partial charge < -0.3 is 23.8 Å². The second kappa shape index (κ2) is 8.14. The number of rotatable bonds is 4. The summed E-state index contributed by atoms with van der Waals surface area (Å²) in [7, 11) is -1.82. The van der Waals surface area contributed by atoms with Crippen molar-refractivity contribution in [1.29, 1.82) is 0 Å². The van der Waals surface area contributed by atoms with E-state index >= 15 is 0 Å². The lowest BCUT2D eigenvalue weighted by Gasteiger charge is -2.44. The van der Waals surface area contributed by atoms with Crippen LogP contribution in [0.4, 0.5) is 4.79 Å². The molecule has 0 unspecified atom stereocenters. The second-order valence-corrected chi connectivity index (χ2v) is 8.85. The number of sulfone groups is 1. The summed E-state index contributed by atoms with van der Waals surface area (Å²) in [6.07, 6.45) is 1.86. The Morgan fingerprint density at radius 1 is 1.19 bits per heavy atom. The molecule has 2 fully saturated rings. The van der Waals surface area contributed by atoms with Gasteiger partial charge in [-0.3, -0.25) is 0 Å². The van der Waals surface area contributed by atoms with Gasteiger partial charge in [-0.2, -0.15) is 0 Å². The molecule has 0 bridgehead atoms. The smallest absolute Gasteiger partial charge is 0.409 e. The highest BCUT2D eigenvalue weighted by Crippen LogP contribution is 2.31. The molecule has 0 aliphatic carbocycles. The maximum absolute atomic E-state index is 11.6. The Hall–Kier alpha value is -1.68. The van der Waals surface area contributed by atoms with Crippen LogP contribution >= 0.6 is 0 Å². The van der Waals surface area contributed by atoms with Crippen LogP contribution < -0.4 is 0 Å². The molecule has 2 saturated heterocycles. The largest absolute Gasteiger partial charge is 0.453 e. The molecule has 150 valence electrons. The second-order valence-electron chi connectivity index (χ2n) is 6.84. The first-order valence-electron chi connectivity index (χ1n) is 8.83. The van der Waals surface area contributed by atoms with Gasteiger partial charge in [0.05, 0.1) is 31.8 Å². The third-order valence-corrected chi connectivity index (χ3v) is 5.99. The Kier molecular flexibility index (Phi) is 6.05. The molecule has 3 rings (SSSR count). The van der Waals surface area contributed by atoms with Crippen molar-refractivity contribution >= 4 is 15.9 Å². The number of hydrogen-bond acceptors (Lipinski definition) is 7. The molecular formula is C18H25NO7S. The fraction of sp³-hybridized carbons (Fsp3) is 0.611. The SMILES string of the molecule is COC(=O)N1CCC2(CC1)OCC(OCc1ccc(S(C)(=O)=O)cc1)CO2. The Morgan fingerprint density at radius 3 is 2.30 bits per heavy atom. The van der Waals surface area contributed by atoms with Crippen LogP contribution in [-0.2, 0) is 35.4 Å². The van der Waals surface area contributed by atoms with Crippen molar-refractivity contribution in [2.75, 3.05) is 39.7 Å². The number of likely N-dealkylation sites (tertiary alicyclic amines) is 1. The highest BCUT2D eigenvalue weighted by atomic mass is 32.2. The van der Waals surface area contributed by atoms with Crippen LogP contribution in [0.3, 0.4) is 0 Å². The number of piperidine rings is 1. The number of carbonyl (C=O) groups excluding carboxylic acids is 1. The molecule has 2 aliphatic rings. The number of amides is 1. The average Bonchev–Trinajstić information content (AvgIpc) is 2.67. The van der Waals surface area contributed by atoms with Crippen molar-refractivity contribution in [3.63, 3.8) is 0 Å². The van der Waals surface area contributed by atoms with Crippen LogP contribution in [0.15, 0.2) is 29.2 Å². The molecule has 2 heterocycles. The number of nitrogens with zero attached hydrogens (tertiary/aromatic N) is 1. The molecule has 1 amide bonds. The van der Waals surface area contributed by atoms with E-state index < -0.39 is 15.6 Å². The predicted molar refractivity (Wildman–Crippen MR) is 96.0 cm³/mol. The normalized spacial score (nSPS) is 20.6. The minimum Gasteiger partial charge on any atom is -0.453 e. The minimum atomic E-state index is -3.20. The quantitative estimate of drug-likeness (QED) is 0.759. The van der Waals surface area contributed by atoms with Crippen molar-refractivity contribution in [3.8, 4) is 0 Å². The molecule has 8 nitrogen and oxygen atoms in total. The first-order chi connectivity index (χ1) is 12.8. The van der Waals surface area contributed by atoms with E-state index in [0.717, 1.165) is 5.56 Å². The highest BCUT2D eigenvalue weighted by molar-refractivity contribution is 7.90. The number of hydrogen-bond donors (Lipinski definition) is 0. The van der Waals surface area contributed by atoms with Crippen LogP contribution in [0.5, 0.6) is 0 Å². The van der Waals surface area contributed by atoms with Gasteiger partial charge in [-0.15, -0.1) is 0 Å². The molecule has 1 spiro atoms. The van der Waals surface area contributed by atoms with Gasteiger partial charge in [0.25, 0.3) is 0 Å². The van der Waals surface area contributed by atoms with Gasteiger partial charge in [-0.05, 0) is 17.7 Å². The highest BCUT2D eigenvalue weighted by Gasteiger charge is 2.42. The summed E-state index contributed by atoms with van der Waals surface area (Å²) in [5, 5.41) is 0. The first kappa shape index (κ1) is 20.1. The van der Waals surface area contributed by atoms with Crippen molar-refractivity contribution in [1.82, 2.24) is 4.90 Å². The first-order valence-corrected chi connectivity index (χ1v) is 10.7. The van der Waals surface area contributed by atoms with Crippen LogP contribution in [0.25, 0.3) is 0 Å². The van der Waals surface area contributed by atoms with E-state index in [1.165, 1.54) is 13.4 Å². The molecule has 0 aromatic heterocycles. The maximum Gasteiger partial charge on any atom is 0.409 e. The summed E-state index contributed by atoms with van der Waals surface area (Å²) in [6.45, 7) is 2.25. The third kappa shape index (κ3) is 4.98. The molecule has 2 aliphatic heterocycles. The van der Waals surface area contributed by atoms with E-state index in [0.29, 0.717) is 45.8 Å². The fourth-order valence-corrected chi connectivity index (χ4v) is 3.80. The van der Waals surface area contributed by atoms with Gasteiger partial charge in [0.15, 0.2) is 15.6 Å². The average molecular weight is 399 g/mol. The van der Waals surface area contributed by atoms with Crippen LogP contribution in [0.2, 0.25) is 0 Å². The lowest BCUT2D eigenvalue weighted by molar-refractivity contribution is -0.311. The standard InChI is InChI=1S/C18H25NO7S/c1-23-17(20)19-9-7-18(8-10-19)25-12-15(13-26-18)24-11-14-3-5-16(6-4-14)27(2,21)22/h3-6,15H,7-13H2,1-2H3. The van der Waals surface area contributed by atoms with Gasteiger partial charge >= 0.3 is 6.09 Å². The molecule has 27 heavy (non-hydrogen) atoms.